The van der Waals surface area contributed by atoms with Crippen molar-refractivity contribution in [2.75, 3.05) is 43.0 Å². The lowest BCUT2D eigenvalue weighted by Crippen LogP contribution is -2.51. The van der Waals surface area contributed by atoms with Gasteiger partial charge in [0.05, 0.1) is 29.8 Å². The highest BCUT2D eigenvalue weighted by atomic mass is 16.5. The number of piperidine rings is 1. The van der Waals surface area contributed by atoms with Crippen LogP contribution in [0.3, 0.4) is 0 Å². The zero-order valence-electron chi connectivity index (χ0n) is 17.1. The number of nitrogens with zero attached hydrogens (tertiary/aromatic N) is 5. The summed E-state index contributed by atoms with van der Waals surface area (Å²) in [4.78, 5) is 23.4. The summed E-state index contributed by atoms with van der Waals surface area (Å²) in [5.74, 6) is 0.671. The molecular weight excluding hydrogens is 378 g/mol. The summed E-state index contributed by atoms with van der Waals surface area (Å²) in [6.45, 7) is 3.69. The van der Waals surface area contributed by atoms with E-state index >= 15 is 0 Å². The number of hydrogen-bond acceptors (Lipinski definition) is 6. The van der Waals surface area contributed by atoms with Crippen molar-refractivity contribution in [2.24, 2.45) is 0 Å². The van der Waals surface area contributed by atoms with E-state index in [1.165, 1.54) is 11.3 Å². The minimum absolute atomic E-state index is 0.192. The van der Waals surface area contributed by atoms with E-state index in [0.717, 1.165) is 61.2 Å². The van der Waals surface area contributed by atoms with E-state index < -0.39 is 0 Å². The number of hydrogen-bond donors (Lipinski definition) is 0. The van der Waals surface area contributed by atoms with Crippen molar-refractivity contribution in [3.63, 3.8) is 0 Å². The van der Waals surface area contributed by atoms with Crippen LogP contribution < -0.4 is 9.80 Å². The molecule has 30 heavy (non-hydrogen) atoms. The van der Waals surface area contributed by atoms with Gasteiger partial charge in [-0.1, -0.05) is 17.3 Å². The number of carbonyl (C=O) groups is 1. The number of aryl methyl sites for hydroxylation is 1. The first-order valence-corrected chi connectivity index (χ1v) is 10.8. The van der Waals surface area contributed by atoms with Crippen molar-refractivity contribution in [1.82, 2.24) is 15.0 Å². The van der Waals surface area contributed by atoms with E-state index in [4.69, 9.17) is 4.52 Å². The highest BCUT2D eigenvalue weighted by Crippen LogP contribution is 2.50. The Balaban J connectivity index is 1.16. The molecule has 0 bridgehead atoms. The number of fused-ring (bicyclic) bond motifs is 4. The molecule has 0 unspecified atom stereocenters. The number of anilines is 2. The number of pyridine rings is 1. The van der Waals surface area contributed by atoms with Crippen LogP contribution in [0.4, 0.5) is 11.4 Å². The molecular formula is C23H25N5O2. The fraction of sp³-hybridized carbons (Fsp3) is 0.435. The van der Waals surface area contributed by atoms with Crippen molar-refractivity contribution in [3.05, 3.63) is 47.9 Å². The predicted octanol–water partition coefficient (Wildman–Crippen LogP) is 2.81. The minimum atomic E-state index is 0.192. The largest absolute Gasteiger partial charge is 0.357 e. The number of likely N-dealkylation sites (tertiary alicyclic amines) is 1. The van der Waals surface area contributed by atoms with Gasteiger partial charge in [0.25, 0.3) is 0 Å². The molecule has 0 saturated carbocycles. The van der Waals surface area contributed by atoms with Gasteiger partial charge in [-0.05, 0) is 43.5 Å². The summed E-state index contributed by atoms with van der Waals surface area (Å²) >= 11 is 0. The van der Waals surface area contributed by atoms with Crippen LogP contribution in [0, 0.1) is 0 Å². The molecule has 1 fully saturated rings. The van der Waals surface area contributed by atoms with Crippen molar-refractivity contribution in [3.8, 4) is 0 Å². The smallest absolute Gasteiger partial charge is 0.246 e. The highest BCUT2D eigenvalue weighted by molar-refractivity contribution is 6.04. The number of carbonyl (C=O) groups excluding carboxylic acids is 1. The Bertz CT molecular complexity index is 1130. The second kappa shape index (κ2) is 6.80. The van der Waals surface area contributed by atoms with Crippen molar-refractivity contribution < 1.29 is 9.32 Å². The quantitative estimate of drug-likeness (QED) is 0.667. The average molecular weight is 403 g/mol. The molecule has 7 heteroatoms. The first-order chi connectivity index (χ1) is 14.7. The molecule has 6 rings (SSSR count). The van der Waals surface area contributed by atoms with Gasteiger partial charge in [0.1, 0.15) is 0 Å². The molecule has 3 aliphatic heterocycles. The lowest BCUT2D eigenvalue weighted by Gasteiger charge is -2.40. The summed E-state index contributed by atoms with van der Waals surface area (Å²) in [6.07, 6.45) is 6.59. The van der Waals surface area contributed by atoms with E-state index in [-0.39, 0.29) is 5.91 Å². The molecule has 1 saturated heterocycles. The SMILES string of the molecule is CN1C(=O)CN2c3c(cccc31)[C@@H]1CN(CCCc3noc4cnccc34)CC[C@@H]12. The molecule has 0 radical (unpaired) electrons. The third-order valence-corrected chi connectivity index (χ3v) is 7.07. The number of rotatable bonds is 4. The molecule has 3 aliphatic rings. The molecule has 0 N–H and O–H groups in total. The Labute approximate surface area is 175 Å². The van der Waals surface area contributed by atoms with Gasteiger partial charge in [-0.25, -0.2) is 0 Å². The minimum Gasteiger partial charge on any atom is -0.357 e. The molecule has 1 amide bonds. The maximum Gasteiger partial charge on any atom is 0.246 e. The third kappa shape index (κ3) is 2.65. The Hall–Kier alpha value is -2.93. The number of amides is 1. The highest BCUT2D eigenvalue weighted by Gasteiger charge is 2.46. The van der Waals surface area contributed by atoms with Crippen molar-refractivity contribution >= 4 is 28.3 Å². The molecule has 5 heterocycles. The second-order valence-corrected chi connectivity index (χ2v) is 8.66. The van der Waals surface area contributed by atoms with Crippen molar-refractivity contribution in [1.29, 1.82) is 0 Å². The molecule has 0 spiro atoms. The fourth-order valence-electron chi connectivity index (χ4n) is 5.56. The summed E-state index contributed by atoms with van der Waals surface area (Å²) in [5, 5.41) is 5.31. The average Bonchev–Trinajstić information content (AvgIpc) is 3.32. The molecule has 0 aliphatic carbocycles. The second-order valence-electron chi connectivity index (χ2n) is 8.66. The van der Waals surface area contributed by atoms with Gasteiger partial charge in [-0.2, -0.15) is 0 Å². The van der Waals surface area contributed by atoms with Gasteiger partial charge in [-0.3, -0.25) is 9.78 Å². The topological polar surface area (TPSA) is 65.7 Å². The van der Waals surface area contributed by atoms with E-state index in [0.29, 0.717) is 18.5 Å². The van der Waals surface area contributed by atoms with Crippen LogP contribution in [0.15, 0.2) is 41.2 Å². The standard InChI is InChI=1S/C23H25N5O2/c1-26-20-6-2-4-15-17-13-27(11-8-19(17)28(23(15)20)14-22(26)29)10-3-5-18-16-7-9-24-12-21(16)30-25-18/h2,4,6-7,9,12,17,19H,3,5,8,10-11,13-14H2,1H3/t17-,19-/m0/s1. The summed E-state index contributed by atoms with van der Waals surface area (Å²) in [7, 11) is 1.90. The molecule has 3 aromatic rings. The zero-order valence-corrected chi connectivity index (χ0v) is 17.1. The Morgan fingerprint density at radius 2 is 2.20 bits per heavy atom. The van der Waals surface area contributed by atoms with Crippen LogP contribution in [-0.4, -0.2) is 60.2 Å². The molecule has 154 valence electrons. The first kappa shape index (κ1) is 17.9. The van der Waals surface area contributed by atoms with Crippen molar-refractivity contribution in [2.45, 2.75) is 31.2 Å². The fourth-order valence-corrected chi connectivity index (χ4v) is 5.56. The van der Waals surface area contributed by atoms with E-state index in [2.05, 4.69) is 38.1 Å². The predicted molar refractivity (Wildman–Crippen MR) is 115 cm³/mol. The van der Waals surface area contributed by atoms with Gasteiger partial charge < -0.3 is 19.2 Å². The van der Waals surface area contributed by atoms with Gasteiger partial charge in [0, 0.05) is 43.7 Å². The summed E-state index contributed by atoms with van der Waals surface area (Å²) in [6, 6.07) is 8.87. The van der Waals surface area contributed by atoms with Crippen LogP contribution in [0.1, 0.15) is 30.0 Å². The number of aromatic nitrogens is 2. The maximum absolute atomic E-state index is 12.5. The normalized spacial score (nSPS) is 23.2. The van der Waals surface area contributed by atoms with Crippen LogP contribution in [0.25, 0.3) is 11.0 Å². The van der Waals surface area contributed by atoms with Gasteiger partial charge in [0.15, 0.2) is 5.58 Å². The Kier molecular flexibility index (Phi) is 4.06. The van der Waals surface area contributed by atoms with Crippen LogP contribution in [0.2, 0.25) is 0 Å². The monoisotopic (exact) mass is 403 g/mol. The van der Waals surface area contributed by atoms with Gasteiger partial charge >= 0.3 is 0 Å². The van der Waals surface area contributed by atoms with E-state index in [1.54, 1.807) is 12.4 Å². The van der Waals surface area contributed by atoms with Crippen LogP contribution in [-0.2, 0) is 11.2 Å². The summed E-state index contributed by atoms with van der Waals surface area (Å²) < 4.78 is 5.38. The molecule has 1 aromatic carbocycles. The summed E-state index contributed by atoms with van der Waals surface area (Å²) in [5.41, 5.74) is 5.56. The lowest BCUT2D eigenvalue weighted by atomic mass is 9.89. The molecule has 2 atom stereocenters. The number of benzene rings is 1. The third-order valence-electron chi connectivity index (χ3n) is 7.07. The van der Waals surface area contributed by atoms with Gasteiger partial charge in [-0.15, -0.1) is 0 Å². The number of likely N-dealkylation sites (N-methyl/N-ethyl adjacent to an activating group) is 1. The van der Waals surface area contributed by atoms with Crippen LogP contribution in [0.5, 0.6) is 0 Å². The Morgan fingerprint density at radius 1 is 1.27 bits per heavy atom. The maximum atomic E-state index is 12.5. The molecule has 2 aromatic heterocycles. The number of para-hydroxylation sites is 1. The molecule has 7 nitrogen and oxygen atoms in total. The van der Waals surface area contributed by atoms with E-state index in [9.17, 15) is 4.79 Å². The first-order valence-electron chi connectivity index (χ1n) is 10.8. The Morgan fingerprint density at radius 3 is 3.13 bits per heavy atom. The van der Waals surface area contributed by atoms with E-state index in [1.807, 2.05) is 18.0 Å². The van der Waals surface area contributed by atoms with Crippen LogP contribution >= 0.6 is 0 Å². The lowest BCUT2D eigenvalue weighted by molar-refractivity contribution is -0.117. The van der Waals surface area contributed by atoms with Gasteiger partial charge in [0.2, 0.25) is 5.91 Å². The zero-order chi connectivity index (χ0) is 20.2.